The smallest absolute Gasteiger partial charge is 0.226 e. The molecule has 3 heterocycles. The van der Waals surface area contributed by atoms with Gasteiger partial charge in [-0.3, -0.25) is 0 Å². The molecular formula is C24H15BrClFN4O. The van der Waals surface area contributed by atoms with Crippen molar-refractivity contribution in [2.45, 2.75) is 12.1 Å². The fourth-order valence-corrected chi connectivity index (χ4v) is 4.97. The van der Waals surface area contributed by atoms with Gasteiger partial charge in [-0.2, -0.15) is 10.1 Å². The molecule has 0 saturated heterocycles. The zero-order valence-electron chi connectivity index (χ0n) is 16.5. The molecule has 2 aliphatic rings. The zero-order chi connectivity index (χ0) is 21.8. The number of ether oxygens (including phenoxy) is 1. The highest BCUT2D eigenvalue weighted by atomic mass is 79.9. The van der Waals surface area contributed by atoms with Gasteiger partial charge in [0.15, 0.2) is 0 Å². The van der Waals surface area contributed by atoms with Crippen LogP contribution in [0.4, 0.5) is 10.3 Å². The Hall–Kier alpha value is -3.16. The van der Waals surface area contributed by atoms with Gasteiger partial charge in [-0.15, -0.1) is 0 Å². The number of nitrogens with zero attached hydrogens (tertiary/aromatic N) is 3. The number of anilines is 1. The monoisotopic (exact) mass is 508 g/mol. The van der Waals surface area contributed by atoms with E-state index >= 15 is 4.39 Å². The molecule has 0 unspecified atom stereocenters. The minimum absolute atomic E-state index is 0.322. The Morgan fingerprint density at radius 2 is 1.94 bits per heavy atom. The summed E-state index contributed by atoms with van der Waals surface area (Å²) in [6.45, 7) is 0. The van der Waals surface area contributed by atoms with Gasteiger partial charge >= 0.3 is 0 Å². The van der Waals surface area contributed by atoms with Gasteiger partial charge < -0.3 is 10.1 Å². The summed E-state index contributed by atoms with van der Waals surface area (Å²) in [4.78, 5) is 4.36. The van der Waals surface area contributed by atoms with Crippen LogP contribution in [0, 0.1) is 5.82 Å². The topological polar surface area (TPSA) is 52.0 Å². The van der Waals surface area contributed by atoms with Crippen LogP contribution in [-0.4, -0.2) is 14.8 Å². The van der Waals surface area contributed by atoms with Crippen LogP contribution in [0.2, 0.25) is 5.02 Å². The normalized spacial score (nSPS) is 18.8. The quantitative estimate of drug-likeness (QED) is 0.340. The van der Waals surface area contributed by atoms with Gasteiger partial charge in [0.25, 0.3) is 0 Å². The molecule has 158 valence electrons. The second-order valence-corrected chi connectivity index (χ2v) is 8.95. The number of hydrogen-bond donors (Lipinski definition) is 1. The van der Waals surface area contributed by atoms with E-state index in [4.69, 9.17) is 16.3 Å². The molecule has 2 atom stereocenters. The molecule has 0 aliphatic carbocycles. The van der Waals surface area contributed by atoms with Crippen molar-refractivity contribution in [1.82, 2.24) is 14.8 Å². The van der Waals surface area contributed by atoms with Crippen LogP contribution in [-0.2, 0) is 0 Å². The molecule has 0 bridgehead atoms. The van der Waals surface area contributed by atoms with Crippen LogP contribution in [0.1, 0.15) is 28.8 Å². The van der Waals surface area contributed by atoms with Gasteiger partial charge in [0, 0.05) is 26.2 Å². The van der Waals surface area contributed by atoms with E-state index in [-0.39, 0.29) is 5.82 Å². The molecule has 0 fully saturated rings. The van der Waals surface area contributed by atoms with Crippen molar-refractivity contribution in [1.29, 1.82) is 0 Å². The molecule has 1 aromatic heterocycles. The Labute approximate surface area is 196 Å². The first-order valence-electron chi connectivity index (χ1n) is 9.97. The van der Waals surface area contributed by atoms with Crippen LogP contribution < -0.4 is 10.1 Å². The second kappa shape index (κ2) is 7.46. The number of fused-ring (bicyclic) bond motifs is 3. The highest BCUT2D eigenvalue weighted by molar-refractivity contribution is 9.10. The predicted molar refractivity (Wildman–Crippen MR) is 124 cm³/mol. The Morgan fingerprint density at radius 3 is 2.78 bits per heavy atom. The lowest BCUT2D eigenvalue weighted by atomic mass is 9.84. The molecule has 3 aromatic carbocycles. The van der Waals surface area contributed by atoms with E-state index in [9.17, 15) is 0 Å². The molecule has 0 saturated carbocycles. The summed E-state index contributed by atoms with van der Waals surface area (Å²) in [5.41, 5.74) is 3.85. The Kier molecular flexibility index (Phi) is 4.55. The molecule has 1 N–H and O–H groups in total. The predicted octanol–water partition coefficient (Wildman–Crippen LogP) is 6.39. The van der Waals surface area contributed by atoms with Crippen LogP contribution in [0.25, 0.3) is 5.70 Å². The van der Waals surface area contributed by atoms with Crippen LogP contribution in [0.15, 0.2) is 83.1 Å². The van der Waals surface area contributed by atoms with Crippen molar-refractivity contribution >= 4 is 39.2 Å². The minimum atomic E-state index is -0.555. The summed E-state index contributed by atoms with van der Waals surface area (Å²) in [6, 6.07) is 19.6. The van der Waals surface area contributed by atoms with Gasteiger partial charge in [0.1, 0.15) is 30.0 Å². The van der Waals surface area contributed by atoms with Crippen molar-refractivity contribution in [3.8, 4) is 5.75 Å². The Balaban J connectivity index is 1.67. The number of halogens is 3. The third kappa shape index (κ3) is 3.04. The molecule has 4 aromatic rings. The average Bonchev–Trinajstić information content (AvgIpc) is 3.26. The van der Waals surface area contributed by atoms with E-state index in [1.54, 1.807) is 22.9 Å². The first-order chi connectivity index (χ1) is 15.6. The summed E-state index contributed by atoms with van der Waals surface area (Å²) in [7, 11) is 0. The fourth-order valence-electron chi connectivity index (χ4n) is 4.38. The second-order valence-electron chi connectivity index (χ2n) is 7.60. The largest absolute Gasteiger partial charge is 0.480 e. The first kappa shape index (κ1) is 19.5. The fraction of sp³-hybridized carbons (Fsp3) is 0.0833. The minimum Gasteiger partial charge on any atom is -0.480 e. The van der Waals surface area contributed by atoms with Crippen LogP contribution in [0.3, 0.4) is 0 Å². The number of benzene rings is 3. The Bertz CT molecular complexity index is 1400. The molecule has 5 nitrogen and oxygen atoms in total. The lowest BCUT2D eigenvalue weighted by Gasteiger charge is -2.39. The van der Waals surface area contributed by atoms with E-state index in [1.807, 2.05) is 42.5 Å². The Morgan fingerprint density at radius 1 is 1.06 bits per heavy atom. The third-order valence-electron chi connectivity index (χ3n) is 5.73. The molecule has 0 amide bonds. The highest BCUT2D eigenvalue weighted by Crippen LogP contribution is 2.51. The van der Waals surface area contributed by atoms with Gasteiger partial charge in [0.05, 0.1) is 5.70 Å². The molecule has 8 heteroatoms. The summed E-state index contributed by atoms with van der Waals surface area (Å²) in [5, 5.41) is 8.39. The number of aromatic nitrogens is 3. The zero-order valence-corrected chi connectivity index (χ0v) is 18.8. The van der Waals surface area contributed by atoms with Crippen LogP contribution >= 0.6 is 27.5 Å². The lowest BCUT2D eigenvalue weighted by Crippen LogP contribution is -2.32. The first-order valence-corrected chi connectivity index (χ1v) is 11.1. The van der Waals surface area contributed by atoms with E-state index < -0.39 is 12.1 Å². The summed E-state index contributed by atoms with van der Waals surface area (Å²) in [5.74, 6) is 0.890. The lowest BCUT2D eigenvalue weighted by molar-refractivity contribution is 0.222. The van der Waals surface area contributed by atoms with Crippen molar-refractivity contribution in [3.05, 3.63) is 111 Å². The van der Waals surface area contributed by atoms with E-state index in [0.29, 0.717) is 22.3 Å². The molecule has 0 radical (unpaired) electrons. The SMILES string of the molecule is Fc1ccccc1[C@@H]1C2=C(Nc3ncnn31)c1cc(Cl)ccc1O[C@H]2c1cccc(Br)c1. The van der Waals surface area contributed by atoms with Crippen molar-refractivity contribution in [2.75, 3.05) is 5.32 Å². The average molecular weight is 510 g/mol. The van der Waals surface area contributed by atoms with Crippen molar-refractivity contribution < 1.29 is 9.13 Å². The molecule has 32 heavy (non-hydrogen) atoms. The maximum Gasteiger partial charge on any atom is 0.226 e. The highest BCUT2D eigenvalue weighted by Gasteiger charge is 2.41. The van der Waals surface area contributed by atoms with Gasteiger partial charge in [-0.25, -0.2) is 9.07 Å². The van der Waals surface area contributed by atoms with E-state index in [1.165, 1.54) is 12.4 Å². The van der Waals surface area contributed by atoms with Gasteiger partial charge in [-0.05, 0) is 42.0 Å². The number of rotatable bonds is 2. The number of nitrogens with one attached hydrogen (secondary N) is 1. The summed E-state index contributed by atoms with van der Waals surface area (Å²) < 4.78 is 24.3. The van der Waals surface area contributed by atoms with Crippen molar-refractivity contribution in [2.24, 2.45) is 0 Å². The van der Waals surface area contributed by atoms with E-state index in [2.05, 4.69) is 31.3 Å². The third-order valence-corrected chi connectivity index (χ3v) is 6.46. The van der Waals surface area contributed by atoms with Gasteiger partial charge in [-0.1, -0.05) is 57.9 Å². The molecule has 2 aliphatic heterocycles. The van der Waals surface area contributed by atoms with Crippen molar-refractivity contribution in [3.63, 3.8) is 0 Å². The maximum absolute atomic E-state index is 15.1. The van der Waals surface area contributed by atoms with E-state index in [0.717, 1.165) is 26.9 Å². The molecule has 6 rings (SSSR count). The maximum atomic E-state index is 15.1. The van der Waals surface area contributed by atoms with Gasteiger partial charge in [0.2, 0.25) is 5.95 Å². The number of hydrogen-bond acceptors (Lipinski definition) is 4. The summed E-state index contributed by atoms with van der Waals surface area (Å²) >= 11 is 9.89. The molecular weight excluding hydrogens is 495 g/mol. The molecule has 0 spiro atoms. The van der Waals surface area contributed by atoms with Crippen LogP contribution in [0.5, 0.6) is 5.75 Å². The summed E-state index contributed by atoms with van der Waals surface area (Å²) in [6.07, 6.45) is 0.980. The standard InChI is InChI=1S/C24H15BrClFN4O/c25-14-5-3-4-13(10-14)23-20-21(17-11-15(26)8-9-19(17)32-23)30-24-28-12-29-31(24)22(20)16-6-1-2-7-18(16)27/h1-12,22-23H,(H,28,29,30)/t22-,23+/m1/s1.